The maximum Gasteiger partial charge on any atom is 0.337 e. The number of fused-ring (bicyclic) bond motifs is 1. The monoisotopic (exact) mass is 551 g/mol. The molecule has 2 aromatic heterocycles. The molecule has 2 atom stereocenters. The van der Waals surface area contributed by atoms with E-state index >= 15 is 0 Å². The number of carbonyl (C=O) groups is 1. The number of aryl methyl sites for hydroxylation is 1. The topological polar surface area (TPSA) is 105 Å². The van der Waals surface area contributed by atoms with Crippen LogP contribution in [0.3, 0.4) is 0 Å². The van der Waals surface area contributed by atoms with E-state index in [9.17, 15) is 15.0 Å². The van der Waals surface area contributed by atoms with Crippen LogP contribution < -0.4 is 9.64 Å². The minimum absolute atomic E-state index is 0.418. The van der Waals surface area contributed by atoms with Crippen molar-refractivity contribution in [1.82, 2.24) is 9.97 Å². The number of nitrogens with zero attached hydrogens (tertiary/aromatic N) is 3. The second-order valence-corrected chi connectivity index (χ2v) is 11.5. The van der Waals surface area contributed by atoms with Crippen molar-refractivity contribution in [3.05, 3.63) is 88.9 Å². The molecule has 0 radical (unpaired) electrons. The first-order chi connectivity index (χ1) is 19.6. The van der Waals surface area contributed by atoms with Crippen LogP contribution in [-0.4, -0.2) is 44.6 Å². The number of aliphatic hydroxyl groups excluding tert-OH is 1. The average molecular weight is 552 g/mol. The van der Waals surface area contributed by atoms with Crippen LogP contribution in [0.4, 0.5) is 5.69 Å². The van der Waals surface area contributed by atoms with Crippen LogP contribution in [0.1, 0.15) is 54.7 Å². The van der Waals surface area contributed by atoms with E-state index in [2.05, 4.69) is 4.98 Å². The Morgan fingerprint density at radius 1 is 1.22 bits per heavy atom. The summed E-state index contributed by atoms with van der Waals surface area (Å²) < 4.78 is 12.2. The van der Waals surface area contributed by atoms with Gasteiger partial charge in [0.2, 0.25) is 0 Å². The van der Waals surface area contributed by atoms with Gasteiger partial charge in [0, 0.05) is 59.3 Å². The molecular formula is C33H33N3O5. The molecule has 8 nitrogen and oxygen atoms in total. The maximum atomic E-state index is 12.8. The van der Waals surface area contributed by atoms with Gasteiger partial charge in [0.1, 0.15) is 12.0 Å². The molecule has 0 bridgehead atoms. The molecule has 210 valence electrons. The number of hydrogen-bond donors (Lipinski definition) is 2. The van der Waals surface area contributed by atoms with E-state index in [4.69, 9.17) is 14.5 Å². The van der Waals surface area contributed by atoms with Gasteiger partial charge in [-0.1, -0.05) is 12.1 Å². The highest BCUT2D eigenvalue weighted by molar-refractivity contribution is 6.04. The Kier molecular flexibility index (Phi) is 6.76. The Balaban J connectivity index is 1.66. The third kappa shape index (κ3) is 4.94. The van der Waals surface area contributed by atoms with Crippen molar-refractivity contribution in [2.45, 2.75) is 58.6 Å². The molecule has 0 spiro atoms. The van der Waals surface area contributed by atoms with Gasteiger partial charge in [0.15, 0.2) is 6.10 Å². The van der Waals surface area contributed by atoms with Crippen LogP contribution in [0.15, 0.2) is 61.1 Å². The number of ether oxygens (including phenoxy) is 2. The summed E-state index contributed by atoms with van der Waals surface area (Å²) in [6.07, 6.45) is 7.56. The lowest BCUT2D eigenvalue weighted by Crippen LogP contribution is -2.36. The van der Waals surface area contributed by atoms with Crippen molar-refractivity contribution >= 4 is 28.6 Å². The molecule has 0 aliphatic carbocycles. The molecule has 2 aliphatic rings. The van der Waals surface area contributed by atoms with Crippen LogP contribution in [0.25, 0.3) is 28.1 Å². The molecule has 8 heteroatoms. The zero-order valence-corrected chi connectivity index (χ0v) is 23.6. The third-order valence-corrected chi connectivity index (χ3v) is 7.53. The van der Waals surface area contributed by atoms with E-state index in [0.717, 1.165) is 62.1 Å². The largest absolute Gasteiger partial charge is 0.493 e. The van der Waals surface area contributed by atoms with Gasteiger partial charge < -0.3 is 24.6 Å². The maximum absolute atomic E-state index is 12.8. The van der Waals surface area contributed by atoms with E-state index in [1.807, 2.05) is 75.1 Å². The fourth-order valence-corrected chi connectivity index (χ4v) is 5.85. The van der Waals surface area contributed by atoms with E-state index in [0.29, 0.717) is 18.7 Å². The lowest BCUT2D eigenvalue weighted by Gasteiger charge is -2.36. The number of aliphatic hydroxyl groups is 1. The first-order valence-electron chi connectivity index (χ1n) is 13.8. The lowest BCUT2D eigenvalue weighted by molar-refractivity contribution is -0.160. The number of aromatic nitrogens is 2. The van der Waals surface area contributed by atoms with E-state index in [-0.39, 0.29) is 0 Å². The van der Waals surface area contributed by atoms with Gasteiger partial charge in [-0.15, -0.1) is 0 Å². The minimum atomic E-state index is -1.23. The summed E-state index contributed by atoms with van der Waals surface area (Å²) in [6, 6.07) is 11.7. The number of aliphatic carboxylic acids is 1. The van der Waals surface area contributed by atoms with Crippen LogP contribution in [-0.2, 0) is 22.5 Å². The van der Waals surface area contributed by atoms with Crippen molar-refractivity contribution in [2.75, 3.05) is 11.5 Å². The van der Waals surface area contributed by atoms with Crippen molar-refractivity contribution < 1.29 is 24.5 Å². The van der Waals surface area contributed by atoms with Crippen molar-refractivity contribution in [3.63, 3.8) is 0 Å². The average Bonchev–Trinajstić information content (AvgIpc) is 2.94. The number of carboxylic acid groups (broad SMARTS) is 1. The van der Waals surface area contributed by atoms with Gasteiger partial charge in [-0.3, -0.25) is 9.97 Å². The van der Waals surface area contributed by atoms with Crippen molar-refractivity contribution in [1.29, 1.82) is 0 Å². The molecule has 41 heavy (non-hydrogen) atoms. The molecule has 4 heterocycles. The number of rotatable bonds is 6. The Morgan fingerprint density at radius 2 is 2.05 bits per heavy atom. The van der Waals surface area contributed by atoms with Gasteiger partial charge in [-0.05, 0) is 86.4 Å². The summed E-state index contributed by atoms with van der Waals surface area (Å²) in [5.74, 6) is -0.304. The van der Waals surface area contributed by atoms with Crippen LogP contribution in [0.2, 0.25) is 0 Å². The standard InChI is InChI=1S/C33H33N3O5/c1-19-16-24-22(8-10-26(37)36(24)18-20-6-5-13-34-17-20)29(27(19)31(32(38)39)41-33(2,3)4)23-7-9-25-28-21(12-15-40-25)11-14-35-30(23)28/h5-11,13-14,16-17,26,31,37H,12,15,18H2,1-4H3,(H,38,39)/t26?,31-/m0/s1. The second-order valence-electron chi connectivity index (χ2n) is 11.5. The van der Waals surface area contributed by atoms with Gasteiger partial charge >= 0.3 is 5.97 Å². The Bertz CT molecular complexity index is 1670. The summed E-state index contributed by atoms with van der Waals surface area (Å²) in [5.41, 5.74) is 6.51. The predicted molar refractivity (Wildman–Crippen MR) is 158 cm³/mol. The van der Waals surface area contributed by atoms with Gasteiger partial charge in [0.25, 0.3) is 0 Å². The van der Waals surface area contributed by atoms with E-state index < -0.39 is 23.9 Å². The SMILES string of the molecule is Cc1cc2c(c(-c3ccc4c5c(ccnc35)CCO4)c1[C@H](OC(C)(C)C)C(=O)O)C=CC(O)N2Cc1cccnc1. The summed E-state index contributed by atoms with van der Waals surface area (Å²) in [7, 11) is 0. The molecular weight excluding hydrogens is 518 g/mol. The normalized spacial score (nSPS) is 16.8. The Hall–Kier alpha value is -4.27. The first-order valence-corrected chi connectivity index (χ1v) is 13.8. The van der Waals surface area contributed by atoms with Gasteiger partial charge in [0.05, 0.1) is 17.7 Å². The summed E-state index contributed by atoms with van der Waals surface area (Å²) in [6.45, 7) is 8.47. The Morgan fingerprint density at radius 3 is 2.78 bits per heavy atom. The number of anilines is 1. The fourth-order valence-electron chi connectivity index (χ4n) is 5.85. The van der Waals surface area contributed by atoms with Crippen molar-refractivity contribution in [2.24, 2.45) is 0 Å². The van der Waals surface area contributed by atoms with Gasteiger partial charge in [-0.2, -0.15) is 0 Å². The molecule has 2 N–H and O–H groups in total. The summed E-state index contributed by atoms with van der Waals surface area (Å²) in [5, 5.41) is 22.5. The highest BCUT2D eigenvalue weighted by Crippen LogP contribution is 2.47. The molecule has 6 rings (SSSR count). The summed E-state index contributed by atoms with van der Waals surface area (Å²) in [4.78, 5) is 23.8. The quantitative estimate of drug-likeness (QED) is 0.308. The number of carboxylic acids is 1. The molecule has 0 saturated heterocycles. The van der Waals surface area contributed by atoms with Crippen LogP contribution in [0, 0.1) is 6.92 Å². The number of benzene rings is 2. The van der Waals surface area contributed by atoms with Gasteiger partial charge in [-0.25, -0.2) is 4.79 Å². The van der Waals surface area contributed by atoms with E-state index in [1.165, 1.54) is 0 Å². The Labute approximate surface area is 238 Å². The van der Waals surface area contributed by atoms with Crippen LogP contribution >= 0.6 is 0 Å². The molecule has 0 saturated carbocycles. The second kappa shape index (κ2) is 10.3. The van der Waals surface area contributed by atoms with E-state index in [1.54, 1.807) is 24.7 Å². The van der Waals surface area contributed by atoms with Crippen molar-refractivity contribution in [3.8, 4) is 16.9 Å². The predicted octanol–water partition coefficient (Wildman–Crippen LogP) is 5.83. The number of hydrogen-bond acceptors (Lipinski definition) is 7. The molecule has 2 aliphatic heterocycles. The van der Waals surface area contributed by atoms with Crippen LogP contribution in [0.5, 0.6) is 5.75 Å². The summed E-state index contributed by atoms with van der Waals surface area (Å²) >= 11 is 0. The number of pyridine rings is 2. The molecule has 2 aromatic carbocycles. The lowest BCUT2D eigenvalue weighted by atomic mass is 9.84. The highest BCUT2D eigenvalue weighted by atomic mass is 16.5. The third-order valence-electron chi connectivity index (χ3n) is 7.53. The first kappa shape index (κ1) is 26.9. The molecule has 4 aromatic rings. The fraction of sp³-hybridized carbons (Fsp3) is 0.303. The highest BCUT2D eigenvalue weighted by Gasteiger charge is 2.35. The molecule has 0 fully saturated rings. The minimum Gasteiger partial charge on any atom is -0.493 e. The molecule has 1 unspecified atom stereocenters. The zero-order valence-electron chi connectivity index (χ0n) is 23.6. The molecule has 0 amide bonds. The zero-order chi connectivity index (χ0) is 28.9. The smallest absolute Gasteiger partial charge is 0.337 e.